The van der Waals surface area contributed by atoms with Crippen molar-refractivity contribution in [3.63, 3.8) is 0 Å². The van der Waals surface area contributed by atoms with Crippen molar-refractivity contribution in [3.8, 4) is 17.2 Å². The topological polar surface area (TPSA) is 34.4 Å². The van der Waals surface area contributed by atoms with Gasteiger partial charge in [-0.15, -0.1) is 0 Å². The van der Waals surface area contributed by atoms with Gasteiger partial charge in [0.25, 0.3) is 0 Å². The molecule has 0 bridgehead atoms. The van der Waals surface area contributed by atoms with E-state index >= 15 is 0 Å². The van der Waals surface area contributed by atoms with Gasteiger partial charge in [-0.1, -0.05) is 37.3 Å². The summed E-state index contributed by atoms with van der Waals surface area (Å²) < 4.78 is 7.95. The molecule has 1 heterocycles. The molecule has 0 atom stereocenters. The fraction of sp³-hybridized carbons (Fsp3) is 0.158. The highest BCUT2D eigenvalue weighted by molar-refractivity contribution is 5.55. The summed E-state index contributed by atoms with van der Waals surface area (Å²) in [7, 11) is 0. The summed E-state index contributed by atoms with van der Waals surface area (Å²) in [4.78, 5) is 0. The Hall–Kier alpha value is -2.68. The zero-order valence-electron chi connectivity index (χ0n) is 12.6. The highest BCUT2D eigenvalue weighted by atomic mass is 16.5. The highest BCUT2D eigenvalue weighted by Crippen LogP contribution is 2.32. The average molecular weight is 293 g/mol. The van der Waals surface area contributed by atoms with E-state index in [0.717, 1.165) is 23.2 Å². The second-order valence-corrected chi connectivity index (χ2v) is 5.17. The van der Waals surface area contributed by atoms with E-state index in [4.69, 9.17) is 4.74 Å². The first kappa shape index (κ1) is 14.3. The zero-order valence-corrected chi connectivity index (χ0v) is 12.6. The predicted molar refractivity (Wildman–Crippen MR) is 87.6 cm³/mol. The van der Waals surface area contributed by atoms with Crippen LogP contribution in [0, 0.1) is 0 Å². The molecule has 3 heteroatoms. The van der Waals surface area contributed by atoms with Crippen molar-refractivity contribution in [3.05, 3.63) is 78.1 Å². The molecule has 0 spiro atoms. The van der Waals surface area contributed by atoms with Crippen LogP contribution in [0.5, 0.6) is 11.5 Å². The molecule has 3 rings (SSSR count). The van der Waals surface area contributed by atoms with E-state index in [1.807, 2.05) is 72.4 Å². The van der Waals surface area contributed by atoms with E-state index in [1.54, 1.807) is 6.07 Å². The van der Waals surface area contributed by atoms with Gasteiger partial charge in [-0.2, -0.15) is 0 Å². The largest absolute Gasteiger partial charge is 0.508 e. The van der Waals surface area contributed by atoms with Gasteiger partial charge in [-0.05, 0) is 35.7 Å². The van der Waals surface area contributed by atoms with Gasteiger partial charge in [0.05, 0.1) is 5.69 Å². The Kier molecular flexibility index (Phi) is 4.15. The minimum absolute atomic E-state index is 0.279. The third-order valence-electron chi connectivity index (χ3n) is 3.66. The minimum Gasteiger partial charge on any atom is -0.508 e. The maximum Gasteiger partial charge on any atom is 0.147 e. The molecule has 0 saturated carbocycles. The molecule has 112 valence electrons. The number of hydrogen-bond donors (Lipinski definition) is 1. The Morgan fingerprint density at radius 1 is 1.00 bits per heavy atom. The van der Waals surface area contributed by atoms with Crippen LogP contribution in [-0.4, -0.2) is 9.67 Å². The van der Waals surface area contributed by atoms with E-state index < -0.39 is 0 Å². The number of nitrogens with zero attached hydrogens (tertiary/aromatic N) is 1. The van der Waals surface area contributed by atoms with Crippen LogP contribution < -0.4 is 4.74 Å². The molecule has 0 radical (unpaired) electrons. The molecule has 1 aromatic heterocycles. The number of benzene rings is 2. The molecule has 2 aromatic carbocycles. The van der Waals surface area contributed by atoms with Gasteiger partial charge in [-0.25, -0.2) is 0 Å². The molecule has 0 amide bonds. The summed E-state index contributed by atoms with van der Waals surface area (Å²) in [6, 6.07) is 17.6. The molecule has 22 heavy (non-hydrogen) atoms. The summed E-state index contributed by atoms with van der Waals surface area (Å²) in [6.07, 6.45) is 4.72. The number of aromatic hydroxyl groups is 1. The monoisotopic (exact) mass is 293 g/mol. The fourth-order valence-corrected chi connectivity index (χ4v) is 2.43. The number of ether oxygens (including phenoxy) is 1. The first-order chi connectivity index (χ1) is 10.8. The molecule has 0 saturated heterocycles. The van der Waals surface area contributed by atoms with Crippen LogP contribution >= 0.6 is 0 Å². The van der Waals surface area contributed by atoms with E-state index in [-0.39, 0.29) is 5.75 Å². The fourth-order valence-electron chi connectivity index (χ4n) is 2.43. The van der Waals surface area contributed by atoms with Gasteiger partial charge in [0.1, 0.15) is 18.1 Å². The van der Waals surface area contributed by atoms with Crippen molar-refractivity contribution < 1.29 is 9.84 Å². The molecular formula is C19H19NO2. The molecular weight excluding hydrogens is 274 g/mol. The summed E-state index contributed by atoms with van der Waals surface area (Å²) in [5, 5.41) is 10.1. The molecule has 3 nitrogen and oxygen atoms in total. The second-order valence-electron chi connectivity index (χ2n) is 5.17. The number of hydrogen-bond acceptors (Lipinski definition) is 2. The Morgan fingerprint density at radius 3 is 2.41 bits per heavy atom. The van der Waals surface area contributed by atoms with Crippen LogP contribution in [0.1, 0.15) is 18.1 Å². The van der Waals surface area contributed by atoms with Crippen LogP contribution in [0.3, 0.4) is 0 Å². The SMILES string of the molecule is CCc1cc(-n2cccc2)c(OCc2ccccc2)cc1O. The molecule has 0 fully saturated rings. The van der Waals surface area contributed by atoms with Crippen molar-refractivity contribution in [2.75, 3.05) is 0 Å². The van der Waals surface area contributed by atoms with Gasteiger partial charge in [-0.3, -0.25) is 0 Å². The zero-order chi connectivity index (χ0) is 15.4. The second kappa shape index (κ2) is 6.39. The van der Waals surface area contributed by atoms with Gasteiger partial charge in [0.2, 0.25) is 0 Å². The van der Waals surface area contributed by atoms with Gasteiger partial charge >= 0.3 is 0 Å². The summed E-state index contributed by atoms with van der Waals surface area (Å²) in [6.45, 7) is 2.50. The average Bonchev–Trinajstić information content (AvgIpc) is 3.08. The number of phenols is 1. The van der Waals surface area contributed by atoms with Crippen LogP contribution in [0.2, 0.25) is 0 Å². The van der Waals surface area contributed by atoms with Crippen molar-refractivity contribution in [1.29, 1.82) is 0 Å². The van der Waals surface area contributed by atoms with Crippen LogP contribution in [0.15, 0.2) is 67.0 Å². The Bertz CT molecular complexity index is 734. The Balaban J connectivity index is 1.93. The number of rotatable bonds is 5. The summed E-state index contributed by atoms with van der Waals surface area (Å²) >= 11 is 0. The molecule has 0 aliphatic rings. The Morgan fingerprint density at radius 2 is 1.73 bits per heavy atom. The normalized spacial score (nSPS) is 10.6. The molecule has 1 N–H and O–H groups in total. The van der Waals surface area contributed by atoms with Crippen molar-refractivity contribution in [2.24, 2.45) is 0 Å². The Labute approximate surface area is 130 Å². The minimum atomic E-state index is 0.279. The van der Waals surface area contributed by atoms with Crippen molar-refractivity contribution in [2.45, 2.75) is 20.0 Å². The number of aryl methyl sites for hydroxylation is 1. The smallest absolute Gasteiger partial charge is 0.147 e. The lowest BCUT2D eigenvalue weighted by Gasteiger charge is -2.15. The maximum atomic E-state index is 10.1. The van der Waals surface area contributed by atoms with Gasteiger partial charge in [0.15, 0.2) is 0 Å². The molecule has 0 aliphatic carbocycles. The van der Waals surface area contributed by atoms with Crippen LogP contribution in [-0.2, 0) is 13.0 Å². The van der Waals surface area contributed by atoms with E-state index in [1.165, 1.54) is 0 Å². The van der Waals surface area contributed by atoms with Gasteiger partial charge in [0, 0.05) is 18.5 Å². The lowest BCUT2D eigenvalue weighted by atomic mass is 10.1. The highest BCUT2D eigenvalue weighted by Gasteiger charge is 2.11. The number of aromatic nitrogens is 1. The number of phenolic OH excluding ortho intramolecular Hbond substituents is 1. The standard InChI is InChI=1S/C19H19NO2/c1-2-16-12-17(20-10-6-7-11-20)19(13-18(16)21)22-14-15-8-4-3-5-9-15/h3-13,21H,2,14H2,1H3. The summed E-state index contributed by atoms with van der Waals surface area (Å²) in [5.41, 5.74) is 2.95. The molecule has 0 aliphatic heterocycles. The third kappa shape index (κ3) is 2.98. The van der Waals surface area contributed by atoms with Crippen molar-refractivity contribution in [1.82, 2.24) is 4.57 Å². The molecule has 0 unspecified atom stereocenters. The predicted octanol–water partition coefficient (Wildman–Crippen LogP) is 4.32. The van der Waals surface area contributed by atoms with Crippen LogP contribution in [0.25, 0.3) is 5.69 Å². The maximum absolute atomic E-state index is 10.1. The van der Waals surface area contributed by atoms with Crippen LogP contribution in [0.4, 0.5) is 0 Å². The quantitative estimate of drug-likeness (QED) is 0.760. The lowest BCUT2D eigenvalue weighted by molar-refractivity contribution is 0.303. The first-order valence-corrected chi connectivity index (χ1v) is 7.44. The van der Waals surface area contributed by atoms with E-state index in [0.29, 0.717) is 12.4 Å². The summed E-state index contributed by atoms with van der Waals surface area (Å²) in [5.74, 6) is 0.955. The van der Waals surface area contributed by atoms with E-state index in [9.17, 15) is 5.11 Å². The van der Waals surface area contributed by atoms with E-state index in [2.05, 4.69) is 0 Å². The lowest BCUT2D eigenvalue weighted by Crippen LogP contribution is -2.01. The van der Waals surface area contributed by atoms with Crippen molar-refractivity contribution >= 4 is 0 Å². The first-order valence-electron chi connectivity index (χ1n) is 7.44. The third-order valence-corrected chi connectivity index (χ3v) is 3.66. The molecule has 3 aromatic rings. The van der Waals surface area contributed by atoms with Gasteiger partial charge < -0.3 is 14.4 Å².